The van der Waals surface area contributed by atoms with Crippen molar-refractivity contribution in [3.8, 4) is 11.5 Å². The Morgan fingerprint density at radius 3 is 2.54 bits per heavy atom. The second-order valence-corrected chi connectivity index (χ2v) is 5.88. The fourth-order valence-corrected chi connectivity index (χ4v) is 2.45. The molecule has 2 aromatic carbocycles. The first-order valence-electron chi connectivity index (χ1n) is 8.54. The van der Waals surface area contributed by atoms with Crippen LogP contribution in [-0.2, 0) is 13.2 Å². The molecule has 0 radical (unpaired) electrons. The van der Waals surface area contributed by atoms with Gasteiger partial charge < -0.3 is 14.8 Å². The molecule has 0 atom stereocenters. The molecule has 0 saturated heterocycles. The molecule has 0 unspecified atom stereocenters. The fourth-order valence-electron chi connectivity index (χ4n) is 2.45. The van der Waals surface area contributed by atoms with Gasteiger partial charge in [-0.3, -0.25) is 9.78 Å². The lowest BCUT2D eigenvalue weighted by Crippen LogP contribution is -2.22. The quantitative estimate of drug-likeness (QED) is 0.633. The van der Waals surface area contributed by atoms with Crippen molar-refractivity contribution in [2.75, 3.05) is 0 Å². The highest BCUT2D eigenvalue weighted by Crippen LogP contribution is 2.17. The molecule has 1 aromatic heterocycles. The predicted octanol–water partition coefficient (Wildman–Crippen LogP) is 4.19. The highest BCUT2D eigenvalue weighted by molar-refractivity contribution is 5.94. The third-order valence-corrected chi connectivity index (χ3v) is 3.83. The van der Waals surface area contributed by atoms with Crippen molar-refractivity contribution in [3.05, 3.63) is 89.7 Å². The van der Waals surface area contributed by atoms with Crippen LogP contribution in [0.4, 0.5) is 8.78 Å². The van der Waals surface area contributed by atoms with Crippen molar-refractivity contribution >= 4 is 5.91 Å². The number of ether oxygens (including phenoxy) is 2. The van der Waals surface area contributed by atoms with E-state index in [2.05, 4.69) is 15.0 Å². The molecular weight excluding hydrogens is 366 g/mol. The highest BCUT2D eigenvalue weighted by Gasteiger charge is 2.09. The molecule has 1 N–H and O–H groups in total. The summed E-state index contributed by atoms with van der Waals surface area (Å²) in [5.41, 5.74) is 2.09. The maximum absolute atomic E-state index is 12.3. The predicted molar refractivity (Wildman–Crippen MR) is 99.3 cm³/mol. The summed E-state index contributed by atoms with van der Waals surface area (Å²) in [7, 11) is 0. The van der Waals surface area contributed by atoms with Crippen LogP contribution in [0.1, 0.15) is 21.5 Å². The number of carbonyl (C=O) groups excluding carboxylic acids is 1. The van der Waals surface area contributed by atoms with Crippen LogP contribution in [-0.4, -0.2) is 17.5 Å². The molecule has 144 valence electrons. The van der Waals surface area contributed by atoms with Gasteiger partial charge >= 0.3 is 6.61 Å². The van der Waals surface area contributed by atoms with Crippen LogP contribution >= 0.6 is 0 Å². The zero-order valence-corrected chi connectivity index (χ0v) is 14.8. The minimum absolute atomic E-state index is 0.0576. The number of hydrogen-bond acceptors (Lipinski definition) is 4. The molecule has 0 fully saturated rings. The maximum Gasteiger partial charge on any atom is 0.387 e. The molecule has 1 amide bonds. The molecule has 0 spiro atoms. The first kappa shape index (κ1) is 19.3. The van der Waals surface area contributed by atoms with Crippen molar-refractivity contribution in [1.82, 2.24) is 10.3 Å². The zero-order valence-electron chi connectivity index (χ0n) is 14.8. The first-order chi connectivity index (χ1) is 13.6. The van der Waals surface area contributed by atoms with Gasteiger partial charge in [0.1, 0.15) is 18.1 Å². The number of pyridine rings is 1. The van der Waals surface area contributed by atoms with Gasteiger partial charge in [-0.2, -0.15) is 8.78 Å². The van der Waals surface area contributed by atoms with E-state index in [1.165, 1.54) is 24.3 Å². The van der Waals surface area contributed by atoms with Crippen molar-refractivity contribution in [1.29, 1.82) is 0 Å². The van der Waals surface area contributed by atoms with E-state index >= 15 is 0 Å². The van der Waals surface area contributed by atoms with Gasteiger partial charge in [0.2, 0.25) is 0 Å². The monoisotopic (exact) mass is 384 g/mol. The van der Waals surface area contributed by atoms with E-state index in [0.717, 1.165) is 11.1 Å². The minimum Gasteiger partial charge on any atom is -0.489 e. The van der Waals surface area contributed by atoms with Crippen LogP contribution in [0.3, 0.4) is 0 Å². The van der Waals surface area contributed by atoms with Crippen LogP contribution in [0.5, 0.6) is 11.5 Å². The average Bonchev–Trinajstić information content (AvgIpc) is 2.72. The lowest BCUT2D eigenvalue weighted by molar-refractivity contribution is -0.0498. The van der Waals surface area contributed by atoms with Gasteiger partial charge in [0.05, 0.1) is 0 Å². The number of aromatic nitrogens is 1. The molecular formula is C21H18F2N2O3. The Hall–Kier alpha value is -3.48. The van der Waals surface area contributed by atoms with Gasteiger partial charge in [-0.1, -0.05) is 24.3 Å². The van der Waals surface area contributed by atoms with E-state index in [0.29, 0.717) is 18.9 Å². The molecule has 28 heavy (non-hydrogen) atoms. The number of alkyl halides is 2. The summed E-state index contributed by atoms with van der Waals surface area (Å²) in [5, 5.41) is 2.74. The van der Waals surface area contributed by atoms with Gasteiger partial charge in [0, 0.05) is 30.1 Å². The van der Waals surface area contributed by atoms with Crippen molar-refractivity contribution in [2.45, 2.75) is 19.8 Å². The van der Waals surface area contributed by atoms with Crippen LogP contribution in [0.15, 0.2) is 73.1 Å². The Balaban J connectivity index is 1.51. The summed E-state index contributed by atoms with van der Waals surface area (Å²) in [4.78, 5) is 16.2. The van der Waals surface area contributed by atoms with Crippen LogP contribution in [0, 0.1) is 0 Å². The number of nitrogens with zero attached hydrogens (tertiary/aromatic N) is 1. The Labute approximate surface area is 160 Å². The summed E-state index contributed by atoms with van der Waals surface area (Å²) in [6.45, 7) is -2.22. The van der Waals surface area contributed by atoms with Crippen LogP contribution < -0.4 is 14.8 Å². The second-order valence-electron chi connectivity index (χ2n) is 5.88. The van der Waals surface area contributed by atoms with E-state index in [9.17, 15) is 13.6 Å². The summed E-state index contributed by atoms with van der Waals surface area (Å²) >= 11 is 0. The molecule has 0 aliphatic rings. The Morgan fingerprint density at radius 1 is 1.00 bits per heavy atom. The third kappa shape index (κ3) is 5.77. The standard InChI is InChI=1S/C21H18F2N2O3/c22-21(23)28-19-5-1-4-17(11-19)20(26)25-13-15-6-8-18(9-7-15)27-14-16-3-2-10-24-12-16/h1-12,21H,13-14H2,(H,25,26). The zero-order chi connectivity index (χ0) is 19.8. The van der Waals surface area contributed by atoms with Gasteiger partial charge in [0.25, 0.3) is 5.91 Å². The second kappa shape index (κ2) is 9.45. The van der Waals surface area contributed by atoms with Gasteiger partial charge in [0.15, 0.2) is 0 Å². The molecule has 0 bridgehead atoms. The number of carbonyl (C=O) groups is 1. The van der Waals surface area contributed by atoms with Crippen molar-refractivity contribution in [2.24, 2.45) is 0 Å². The molecule has 0 aliphatic carbocycles. The van der Waals surface area contributed by atoms with Gasteiger partial charge in [-0.05, 0) is 42.0 Å². The largest absolute Gasteiger partial charge is 0.489 e. The summed E-state index contributed by atoms with van der Waals surface area (Å²) in [6, 6.07) is 16.8. The molecule has 0 aliphatic heterocycles. The summed E-state index contributed by atoms with van der Waals surface area (Å²) in [6.07, 6.45) is 3.44. The third-order valence-electron chi connectivity index (χ3n) is 3.83. The average molecular weight is 384 g/mol. The van der Waals surface area contributed by atoms with E-state index in [-0.39, 0.29) is 17.2 Å². The summed E-state index contributed by atoms with van der Waals surface area (Å²) < 4.78 is 34.5. The maximum atomic E-state index is 12.3. The van der Waals surface area contributed by atoms with E-state index in [1.54, 1.807) is 12.4 Å². The fraction of sp³-hybridized carbons (Fsp3) is 0.143. The summed E-state index contributed by atoms with van der Waals surface area (Å²) in [5.74, 6) is 0.269. The number of benzene rings is 2. The number of halogens is 2. The van der Waals surface area contributed by atoms with E-state index in [4.69, 9.17) is 4.74 Å². The topological polar surface area (TPSA) is 60.5 Å². The van der Waals surface area contributed by atoms with Gasteiger partial charge in [-0.15, -0.1) is 0 Å². The molecule has 3 aromatic rings. The smallest absolute Gasteiger partial charge is 0.387 e. The number of rotatable bonds is 8. The number of amides is 1. The molecule has 0 saturated carbocycles. The minimum atomic E-state index is -2.93. The van der Waals surface area contributed by atoms with Gasteiger partial charge in [-0.25, -0.2) is 0 Å². The lowest BCUT2D eigenvalue weighted by atomic mass is 10.2. The Morgan fingerprint density at radius 2 is 1.82 bits per heavy atom. The molecule has 7 heteroatoms. The highest BCUT2D eigenvalue weighted by atomic mass is 19.3. The van der Waals surface area contributed by atoms with E-state index < -0.39 is 6.61 Å². The Bertz CT molecular complexity index is 903. The number of nitrogens with one attached hydrogen (secondary N) is 1. The number of hydrogen-bond donors (Lipinski definition) is 1. The lowest BCUT2D eigenvalue weighted by Gasteiger charge is -2.09. The van der Waals surface area contributed by atoms with Crippen LogP contribution in [0.2, 0.25) is 0 Å². The first-order valence-corrected chi connectivity index (χ1v) is 8.54. The molecule has 3 rings (SSSR count). The van der Waals surface area contributed by atoms with E-state index in [1.807, 2.05) is 36.4 Å². The van der Waals surface area contributed by atoms with Crippen molar-refractivity contribution < 1.29 is 23.0 Å². The normalized spacial score (nSPS) is 10.5. The van der Waals surface area contributed by atoms with Crippen LogP contribution in [0.25, 0.3) is 0 Å². The molecule has 5 nitrogen and oxygen atoms in total. The van der Waals surface area contributed by atoms with Crippen molar-refractivity contribution in [3.63, 3.8) is 0 Å². The SMILES string of the molecule is O=C(NCc1ccc(OCc2cccnc2)cc1)c1cccc(OC(F)F)c1. The molecule has 1 heterocycles. The Kier molecular flexibility index (Phi) is 6.51.